The second kappa shape index (κ2) is 7.58. The second-order valence-corrected chi connectivity index (χ2v) is 6.93. The predicted octanol–water partition coefficient (Wildman–Crippen LogP) is 2.46. The molecule has 2 aliphatic rings. The summed E-state index contributed by atoms with van der Waals surface area (Å²) in [6.07, 6.45) is 1.51. The third kappa shape index (κ3) is 3.63. The first-order valence-electron chi connectivity index (χ1n) is 9.20. The van der Waals surface area contributed by atoms with Crippen LogP contribution in [0.25, 0.3) is 0 Å². The number of ether oxygens (including phenoxy) is 3. The minimum absolute atomic E-state index is 0.0192. The molecular formula is C21H23NO5. The van der Waals surface area contributed by atoms with Gasteiger partial charge in [0, 0.05) is 18.8 Å². The Labute approximate surface area is 158 Å². The van der Waals surface area contributed by atoms with Crippen molar-refractivity contribution in [1.29, 1.82) is 0 Å². The predicted molar refractivity (Wildman–Crippen MR) is 98.8 cm³/mol. The largest absolute Gasteiger partial charge is 0.454 e. The highest BCUT2D eigenvalue weighted by atomic mass is 16.7. The average molecular weight is 369 g/mol. The van der Waals surface area contributed by atoms with Gasteiger partial charge >= 0.3 is 0 Å². The lowest BCUT2D eigenvalue weighted by molar-refractivity contribution is -0.0680. The Morgan fingerprint density at radius 1 is 1.07 bits per heavy atom. The molecule has 142 valence electrons. The Bertz CT molecular complexity index is 803. The van der Waals surface area contributed by atoms with Gasteiger partial charge in [-0.15, -0.1) is 0 Å². The number of aliphatic hydroxyl groups is 1. The highest BCUT2D eigenvalue weighted by molar-refractivity contribution is 5.95. The molecule has 1 atom stereocenters. The van der Waals surface area contributed by atoms with E-state index >= 15 is 0 Å². The minimum Gasteiger partial charge on any atom is -0.454 e. The summed E-state index contributed by atoms with van der Waals surface area (Å²) in [4.78, 5) is 12.7. The normalized spacial score (nSPS) is 18.7. The molecule has 0 radical (unpaired) electrons. The zero-order valence-electron chi connectivity index (χ0n) is 15.0. The second-order valence-electron chi connectivity index (χ2n) is 6.93. The number of hydrogen-bond donors (Lipinski definition) is 2. The quantitative estimate of drug-likeness (QED) is 0.847. The van der Waals surface area contributed by atoms with Crippen LogP contribution in [-0.4, -0.2) is 37.6 Å². The first-order chi connectivity index (χ1) is 13.2. The summed E-state index contributed by atoms with van der Waals surface area (Å²) < 4.78 is 16.1. The Hall–Kier alpha value is -2.57. The van der Waals surface area contributed by atoms with E-state index in [9.17, 15) is 9.90 Å². The summed E-state index contributed by atoms with van der Waals surface area (Å²) in [5.41, 5.74) is 0.140. The molecule has 0 spiro atoms. The summed E-state index contributed by atoms with van der Waals surface area (Å²) >= 11 is 0. The molecule has 6 heteroatoms. The number of carbonyl (C=O) groups is 1. The van der Waals surface area contributed by atoms with Gasteiger partial charge in [0.1, 0.15) is 5.60 Å². The van der Waals surface area contributed by atoms with Crippen molar-refractivity contribution in [3.05, 3.63) is 59.7 Å². The molecule has 27 heavy (non-hydrogen) atoms. The van der Waals surface area contributed by atoms with Crippen LogP contribution in [0.2, 0.25) is 0 Å². The van der Waals surface area contributed by atoms with Gasteiger partial charge in [-0.1, -0.05) is 30.3 Å². The fourth-order valence-electron chi connectivity index (χ4n) is 3.74. The fourth-order valence-corrected chi connectivity index (χ4v) is 3.74. The zero-order valence-corrected chi connectivity index (χ0v) is 15.0. The van der Waals surface area contributed by atoms with Crippen LogP contribution in [0.1, 0.15) is 28.8 Å². The SMILES string of the molecule is O=C(NCC(O)(c1ccccc1)C1CCOCC1)c1ccc2c(c1)OCO2. The molecule has 1 unspecified atom stereocenters. The lowest BCUT2D eigenvalue weighted by Gasteiger charge is -2.39. The van der Waals surface area contributed by atoms with E-state index in [-0.39, 0.29) is 25.2 Å². The van der Waals surface area contributed by atoms with E-state index in [1.165, 1.54) is 0 Å². The molecule has 0 aliphatic carbocycles. The van der Waals surface area contributed by atoms with Gasteiger partial charge in [-0.2, -0.15) is 0 Å². The topological polar surface area (TPSA) is 77.0 Å². The summed E-state index contributed by atoms with van der Waals surface area (Å²) in [7, 11) is 0. The Morgan fingerprint density at radius 3 is 2.59 bits per heavy atom. The number of benzene rings is 2. The van der Waals surface area contributed by atoms with E-state index in [0.29, 0.717) is 30.3 Å². The van der Waals surface area contributed by atoms with Crippen LogP contribution in [0, 0.1) is 5.92 Å². The maximum atomic E-state index is 12.7. The van der Waals surface area contributed by atoms with Crippen LogP contribution in [0.5, 0.6) is 11.5 Å². The number of amides is 1. The molecule has 2 heterocycles. The zero-order chi connectivity index (χ0) is 18.7. The van der Waals surface area contributed by atoms with Crippen molar-refractivity contribution in [1.82, 2.24) is 5.32 Å². The molecule has 2 aromatic rings. The van der Waals surface area contributed by atoms with E-state index in [1.807, 2.05) is 30.3 Å². The number of rotatable bonds is 5. The van der Waals surface area contributed by atoms with Gasteiger partial charge in [0.15, 0.2) is 11.5 Å². The van der Waals surface area contributed by atoms with Gasteiger partial charge < -0.3 is 24.6 Å². The molecule has 2 aromatic carbocycles. The van der Waals surface area contributed by atoms with Gasteiger partial charge in [-0.3, -0.25) is 4.79 Å². The van der Waals surface area contributed by atoms with Gasteiger partial charge in [-0.05, 0) is 42.5 Å². The molecule has 4 rings (SSSR count). The third-order valence-corrected chi connectivity index (χ3v) is 5.32. The van der Waals surface area contributed by atoms with Crippen molar-refractivity contribution in [3.63, 3.8) is 0 Å². The molecule has 0 saturated carbocycles. The lowest BCUT2D eigenvalue weighted by atomic mass is 9.77. The van der Waals surface area contributed by atoms with Crippen molar-refractivity contribution in [2.45, 2.75) is 18.4 Å². The van der Waals surface area contributed by atoms with Crippen molar-refractivity contribution in [2.24, 2.45) is 5.92 Å². The van der Waals surface area contributed by atoms with Crippen LogP contribution in [0.3, 0.4) is 0 Å². The van der Waals surface area contributed by atoms with Gasteiger partial charge in [0.05, 0.1) is 6.54 Å². The summed E-state index contributed by atoms with van der Waals surface area (Å²) in [5.74, 6) is 0.959. The van der Waals surface area contributed by atoms with Crippen molar-refractivity contribution >= 4 is 5.91 Å². The van der Waals surface area contributed by atoms with E-state index in [0.717, 1.165) is 18.4 Å². The highest BCUT2D eigenvalue weighted by Gasteiger charge is 2.39. The molecule has 1 fully saturated rings. The summed E-state index contributed by atoms with van der Waals surface area (Å²) in [6, 6.07) is 14.6. The number of nitrogens with one attached hydrogen (secondary N) is 1. The van der Waals surface area contributed by atoms with Crippen LogP contribution in [-0.2, 0) is 10.3 Å². The molecule has 1 saturated heterocycles. The van der Waals surface area contributed by atoms with E-state index in [2.05, 4.69) is 5.32 Å². The molecule has 0 bridgehead atoms. The lowest BCUT2D eigenvalue weighted by Crippen LogP contribution is -2.47. The monoisotopic (exact) mass is 369 g/mol. The molecule has 2 aliphatic heterocycles. The van der Waals surface area contributed by atoms with E-state index < -0.39 is 5.60 Å². The maximum Gasteiger partial charge on any atom is 0.251 e. The van der Waals surface area contributed by atoms with Crippen LogP contribution >= 0.6 is 0 Å². The Kier molecular flexibility index (Phi) is 5.01. The molecule has 6 nitrogen and oxygen atoms in total. The molecule has 0 aromatic heterocycles. The van der Waals surface area contributed by atoms with Gasteiger partial charge in [0.25, 0.3) is 5.91 Å². The smallest absolute Gasteiger partial charge is 0.251 e. The van der Waals surface area contributed by atoms with Gasteiger partial charge in [0.2, 0.25) is 6.79 Å². The first-order valence-corrected chi connectivity index (χ1v) is 9.20. The summed E-state index contributed by atoms with van der Waals surface area (Å²) in [6.45, 7) is 1.54. The number of fused-ring (bicyclic) bond motifs is 1. The molecule has 2 N–H and O–H groups in total. The Morgan fingerprint density at radius 2 is 1.81 bits per heavy atom. The standard InChI is InChI=1S/C21H23NO5/c23-20(15-6-7-18-19(12-15)27-14-26-18)22-13-21(24,16-4-2-1-3-5-16)17-8-10-25-11-9-17/h1-7,12,17,24H,8-11,13-14H2,(H,22,23). The summed E-state index contributed by atoms with van der Waals surface area (Å²) in [5, 5.41) is 14.4. The van der Waals surface area contributed by atoms with Crippen LogP contribution in [0.15, 0.2) is 48.5 Å². The minimum atomic E-state index is -1.14. The molecular weight excluding hydrogens is 346 g/mol. The highest BCUT2D eigenvalue weighted by Crippen LogP contribution is 2.36. The average Bonchev–Trinajstić information content (AvgIpc) is 3.21. The van der Waals surface area contributed by atoms with Crippen LogP contribution < -0.4 is 14.8 Å². The third-order valence-electron chi connectivity index (χ3n) is 5.32. The van der Waals surface area contributed by atoms with Crippen molar-refractivity contribution < 1.29 is 24.1 Å². The Balaban J connectivity index is 1.52. The fraction of sp³-hybridized carbons (Fsp3) is 0.381. The van der Waals surface area contributed by atoms with Crippen molar-refractivity contribution in [2.75, 3.05) is 26.6 Å². The van der Waals surface area contributed by atoms with E-state index in [1.54, 1.807) is 18.2 Å². The van der Waals surface area contributed by atoms with E-state index in [4.69, 9.17) is 14.2 Å². The van der Waals surface area contributed by atoms with Crippen molar-refractivity contribution in [3.8, 4) is 11.5 Å². The van der Waals surface area contributed by atoms with Gasteiger partial charge in [-0.25, -0.2) is 0 Å². The number of hydrogen-bond acceptors (Lipinski definition) is 5. The number of carbonyl (C=O) groups excluding carboxylic acids is 1. The molecule has 1 amide bonds. The maximum absolute atomic E-state index is 12.7. The van der Waals surface area contributed by atoms with Crippen LogP contribution in [0.4, 0.5) is 0 Å². The first kappa shape index (κ1) is 17.8.